The number of nitrogen functional groups attached to an aromatic ring is 1. The highest BCUT2D eigenvalue weighted by atomic mass is 35.5. The Kier molecular flexibility index (Phi) is 4.76. The summed E-state index contributed by atoms with van der Waals surface area (Å²) in [6.07, 6.45) is 2.38. The van der Waals surface area contributed by atoms with E-state index in [2.05, 4.69) is 19.2 Å². The molecule has 0 radical (unpaired) electrons. The van der Waals surface area contributed by atoms with Gasteiger partial charge in [0.2, 0.25) is 0 Å². The maximum Gasteiger partial charge on any atom is 0.0657 e. The van der Waals surface area contributed by atoms with Crippen molar-refractivity contribution in [3.63, 3.8) is 0 Å². The van der Waals surface area contributed by atoms with E-state index in [-0.39, 0.29) is 0 Å². The highest BCUT2D eigenvalue weighted by Gasteiger charge is 2.05. The van der Waals surface area contributed by atoms with Crippen molar-refractivity contribution >= 4 is 23.0 Å². The normalized spacial score (nSPS) is 10.7. The second-order valence-corrected chi connectivity index (χ2v) is 4.21. The second kappa shape index (κ2) is 5.86. The van der Waals surface area contributed by atoms with Crippen LogP contribution in [0.3, 0.4) is 0 Å². The standard InChI is InChI=1S/C12H19ClN2/c1-3-9(4-2)8-15-12-6-5-10(14)7-11(12)13/h5-7,9,15H,3-4,8,14H2,1-2H3. The molecule has 0 spiro atoms. The van der Waals surface area contributed by atoms with E-state index in [9.17, 15) is 0 Å². The minimum Gasteiger partial charge on any atom is -0.399 e. The first-order valence-electron chi connectivity index (χ1n) is 5.46. The number of anilines is 2. The Hall–Kier alpha value is -0.890. The van der Waals surface area contributed by atoms with Crippen LogP contribution in [0.25, 0.3) is 0 Å². The maximum absolute atomic E-state index is 6.06. The quantitative estimate of drug-likeness (QED) is 0.751. The fourth-order valence-electron chi connectivity index (χ4n) is 1.51. The van der Waals surface area contributed by atoms with Crippen molar-refractivity contribution in [2.24, 2.45) is 5.92 Å². The monoisotopic (exact) mass is 226 g/mol. The summed E-state index contributed by atoms with van der Waals surface area (Å²) in [6.45, 7) is 5.39. The number of benzene rings is 1. The number of rotatable bonds is 5. The van der Waals surface area contributed by atoms with Crippen molar-refractivity contribution in [1.29, 1.82) is 0 Å². The lowest BCUT2D eigenvalue weighted by atomic mass is 10.0. The molecule has 1 rings (SSSR count). The summed E-state index contributed by atoms with van der Waals surface area (Å²) in [5.74, 6) is 0.707. The summed E-state index contributed by atoms with van der Waals surface area (Å²) in [5, 5.41) is 4.05. The van der Waals surface area contributed by atoms with Gasteiger partial charge in [-0.1, -0.05) is 38.3 Å². The predicted octanol–water partition coefficient (Wildman–Crippen LogP) is 3.77. The molecule has 0 fully saturated rings. The van der Waals surface area contributed by atoms with Crippen LogP contribution in [0, 0.1) is 5.92 Å². The molecule has 0 aliphatic heterocycles. The smallest absolute Gasteiger partial charge is 0.0657 e. The highest BCUT2D eigenvalue weighted by Crippen LogP contribution is 2.24. The molecule has 1 aromatic carbocycles. The molecule has 0 amide bonds. The molecule has 0 heterocycles. The predicted molar refractivity (Wildman–Crippen MR) is 68.4 cm³/mol. The van der Waals surface area contributed by atoms with Crippen LogP contribution in [0.5, 0.6) is 0 Å². The molecular formula is C12H19ClN2. The van der Waals surface area contributed by atoms with Crippen LogP contribution in [0.15, 0.2) is 18.2 Å². The highest BCUT2D eigenvalue weighted by molar-refractivity contribution is 6.33. The first kappa shape index (κ1) is 12.2. The zero-order valence-electron chi connectivity index (χ0n) is 9.39. The molecular weight excluding hydrogens is 208 g/mol. The Morgan fingerprint density at radius 2 is 2.00 bits per heavy atom. The van der Waals surface area contributed by atoms with Crippen LogP contribution < -0.4 is 11.1 Å². The first-order valence-corrected chi connectivity index (χ1v) is 5.84. The van der Waals surface area contributed by atoms with Gasteiger partial charge in [0, 0.05) is 12.2 Å². The zero-order valence-corrected chi connectivity index (χ0v) is 10.1. The third-order valence-corrected chi connectivity index (χ3v) is 3.04. The molecule has 0 aromatic heterocycles. The third-order valence-electron chi connectivity index (χ3n) is 2.73. The number of nitrogens with one attached hydrogen (secondary N) is 1. The Bertz CT molecular complexity index is 308. The molecule has 0 saturated heterocycles. The zero-order chi connectivity index (χ0) is 11.3. The summed E-state index contributed by atoms with van der Waals surface area (Å²) in [6, 6.07) is 5.57. The van der Waals surface area contributed by atoms with E-state index in [4.69, 9.17) is 17.3 Å². The van der Waals surface area contributed by atoms with Gasteiger partial charge in [-0.2, -0.15) is 0 Å². The third kappa shape index (κ3) is 3.63. The Balaban J connectivity index is 2.57. The SMILES string of the molecule is CCC(CC)CNc1ccc(N)cc1Cl. The van der Waals surface area contributed by atoms with Crippen LogP contribution in [-0.2, 0) is 0 Å². The van der Waals surface area contributed by atoms with Crippen LogP contribution in [-0.4, -0.2) is 6.54 Å². The average molecular weight is 227 g/mol. The Morgan fingerprint density at radius 3 is 2.53 bits per heavy atom. The number of nitrogens with two attached hydrogens (primary N) is 1. The lowest BCUT2D eigenvalue weighted by molar-refractivity contribution is 0.519. The average Bonchev–Trinajstić information content (AvgIpc) is 2.22. The molecule has 0 atom stereocenters. The van der Waals surface area contributed by atoms with Gasteiger partial charge < -0.3 is 11.1 Å². The van der Waals surface area contributed by atoms with Gasteiger partial charge in [-0.15, -0.1) is 0 Å². The number of halogens is 1. The molecule has 3 heteroatoms. The van der Waals surface area contributed by atoms with Crippen LogP contribution in [0.1, 0.15) is 26.7 Å². The van der Waals surface area contributed by atoms with Gasteiger partial charge in [-0.3, -0.25) is 0 Å². The van der Waals surface area contributed by atoms with Crippen molar-refractivity contribution in [3.05, 3.63) is 23.2 Å². The summed E-state index contributed by atoms with van der Waals surface area (Å²) >= 11 is 6.06. The minimum absolute atomic E-state index is 0.695. The van der Waals surface area contributed by atoms with E-state index < -0.39 is 0 Å². The molecule has 15 heavy (non-hydrogen) atoms. The van der Waals surface area contributed by atoms with Crippen molar-refractivity contribution in [1.82, 2.24) is 0 Å². The van der Waals surface area contributed by atoms with E-state index in [0.29, 0.717) is 16.6 Å². The maximum atomic E-state index is 6.06. The summed E-state index contributed by atoms with van der Waals surface area (Å²) in [5.41, 5.74) is 7.30. The second-order valence-electron chi connectivity index (χ2n) is 3.80. The number of hydrogen-bond acceptors (Lipinski definition) is 2. The fraction of sp³-hybridized carbons (Fsp3) is 0.500. The molecule has 0 bridgehead atoms. The van der Waals surface area contributed by atoms with E-state index in [1.807, 2.05) is 12.1 Å². The van der Waals surface area contributed by atoms with E-state index in [1.165, 1.54) is 12.8 Å². The Labute approximate surface area is 96.8 Å². The molecule has 0 aliphatic carbocycles. The molecule has 84 valence electrons. The Morgan fingerprint density at radius 1 is 1.33 bits per heavy atom. The van der Waals surface area contributed by atoms with E-state index >= 15 is 0 Å². The summed E-state index contributed by atoms with van der Waals surface area (Å²) < 4.78 is 0. The minimum atomic E-state index is 0.695. The van der Waals surface area contributed by atoms with Gasteiger partial charge in [0.05, 0.1) is 10.7 Å². The van der Waals surface area contributed by atoms with Gasteiger partial charge >= 0.3 is 0 Å². The first-order chi connectivity index (χ1) is 7.17. The van der Waals surface area contributed by atoms with Crippen LogP contribution in [0.2, 0.25) is 5.02 Å². The van der Waals surface area contributed by atoms with E-state index in [0.717, 1.165) is 12.2 Å². The molecule has 3 N–H and O–H groups in total. The van der Waals surface area contributed by atoms with Gasteiger partial charge in [0.1, 0.15) is 0 Å². The van der Waals surface area contributed by atoms with Gasteiger partial charge in [-0.05, 0) is 24.1 Å². The fourth-order valence-corrected chi connectivity index (χ4v) is 1.76. The van der Waals surface area contributed by atoms with Crippen LogP contribution >= 0.6 is 11.6 Å². The summed E-state index contributed by atoms with van der Waals surface area (Å²) in [4.78, 5) is 0. The molecule has 1 aromatic rings. The lowest BCUT2D eigenvalue weighted by Crippen LogP contribution is -2.12. The van der Waals surface area contributed by atoms with Crippen molar-refractivity contribution in [2.45, 2.75) is 26.7 Å². The molecule has 0 aliphatic rings. The van der Waals surface area contributed by atoms with Gasteiger partial charge in [-0.25, -0.2) is 0 Å². The van der Waals surface area contributed by atoms with Crippen LogP contribution in [0.4, 0.5) is 11.4 Å². The number of hydrogen-bond donors (Lipinski definition) is 2. The molecule has 2 nitrogen and oxygen atoms in total. The van der Waals surface area contributed by atoms with Crippen molar-refractivity contribution in [2.75, 3.05) is 17.6 Å². The lowest BCUT2D eigenvalue weighted by Gasteiger charge is -2.15. The summed E-state index contributed by atoms with van der Waals surface area (Å²) in [7, 11) is 0. The van der Waals surface area contributed by atoms with E-state index in [1.54, 1.807) is 6.07 Å². The van der Waals surface area contributed by atoms with Gasteiger partial charge in [0.15, 0.2) is 0 Å². The van der Waals surface area contributed by atoms with Crippen molar-refractivity contribution in [3.8, 4) is 0 Å². The topological polar surface area (TPSA) is 38.0 Å². The molecule has 0 unspecified atom stereocenters. The van der Waals surface area contributed by atoms with Crippen molar-refractivity contribution < 1.29 is 0 Å². The largest absolute Gasteiger partial charge is 0.399 e. The molecule has 0 saturated carbocycles. The van der Waals surface area contributed by atoms with Gasteiger partial charge in [0.25, 0.3) is 0 Å².